The summed E-state index contributed by atoms with van der Waals surface area (Å²) in [5.41, 5.74) is 0.210. The fraction of sp³-hybridized carbons (Fsp3) is 0.429. The van der Waals surface area contributed by atoms with E-state index in [-0.39, 0.29) is 17.4 Å². The van der Waals surface area contributed by atoms with Gasteiger partial charge >= 0.3 is 0 Å². The van der Waals surface area contributed by atoms with Gasteiger partial charge in [-0.3, -0.25) is 0 Å². The monoisotopic (exact) mass is 473 g/mol. The highest BCUT2D eigenvalue weighted by molar-refractivity contribution is 7.92. The standard InChI is InChI=1S/C14H19N9O4S3/c15-29(24,25)12-10(30(26,27)20-8-3-4-16-7-8)2-1-9(23-6-5-17-14(23)28)11(12)13-18-21-22-19-13/h1-2,8,16,20H,3-7H2,(H,17,28)(H2,15,24,25)(H,18,19,21,22)/t8-/m1/s1. The zero-order valence-corrected chi connectivity index (χ0v) is 17.9. The molecular formula is C14H19N9O4S3. The van der Waals surface area contributed by atoms with Gasteiger partial charge in [-0.05, 0) is 42.5 Å². The Morgan fingerprint density at radius 3 is 2.60 bits per heavy atom. The largest absolute Gasteiger partial charge is 0.360 e. The smallest absolute Gasteiger partial charge is 0.242 e. The fourth-order valence-corrected chi connectivity index (χ4v) is 6.65. The van der Waals surface area contributed by atoms with Gasteiger partial charge in [0, 0.05) is 25.7 Å². The number of sulfonamides is 2. The first kappa shape index (κ1) is 21.0. The average Bonchev–Trinajstić information content (AvgIpc) is 3.42. The first-order chi connectivity index (χ1) is 14.2. The molecule has 13 nitrogen and oxygen atoms in total. The molecule has 0 radical (unpaired) electrons. The summed E-state index contributed by atoms with van der Waals surface area (Å²) in [5, 5.41) is 25.3. The van der Waals surface area contributed by atoms with Crippen LogP contribution in [0.4, 0.5) is 5.69 Å². The number of hydrogen-bond donors (Lipinski definition) is 5. The maximum Gasteiger partial charge on any atom is 0.242 e. The molecule has 2 aromatic rings. The van der Waals surface area contributed by atoms with Crippen molar-refractivity contribution in [3.8, 4) is 11.4 Å². The van der Waals surface area contributed by atoms with E-state index in [4.69, 9.17) is 17.4 Å². The van der Waals surface area contributed by atoms with Crippen LogP contribution in [-0.2, 0) is 20.0 Å². The van der Waals surface area contributed by atoms with E-state index < -0.39 is 29.8 Å². The number of benzene rings is 1. The van der Waals surface area contributed by atoms with Crippen molar-refractivity contribution in [2.45, 2.75) is 22.3 Å². The molecule has 0 amide bonds. The van der Waals surface area contributed by atoms with E-state index in [1.807, 2.05) is 0 Å². The molecule has 2 aliphatic rings. The van der Waals surface area contributed by atoms with Gasteiger partial charge < -0.3 is 15.5 Å². The number of aromatic nitrogens is 4. The summed E-state index contributed by atoms with van der Waals surface area (Å²) in [6, 6.07) is 2.29. The third kappa shape index (κ3) is 3.88. The van der Waals surface area contributed by atoms with Crippen LogP contribution < -0.4 is 25.4 Å². The molecule has 16 heteroatoms. The molecule has 1 atom stereocenters. The predicted octanol–water partition coefficient (Wildman–Crippen LogP) is -2.15. The lowest BCUT2D eigenvalue weighted by molar-refractivity contribution is 0.555. The molecule has 2 saturated heterocycles. The Balaban J connectivity index is 1.96. The van der Waals surface area contributed by atoms with Gasteiger partial charge in [0.2, 0.25) is 25.9 Å². The Morgan fingerprint density at radius 1 is 1.23 bits per heavy atom. The minimum absolute atomic E-state index is 0.0929. The molecular weight excluding hydrogens is 454 g/mol. The Bertz CT molecular complexity index is 1180. The van der Waals surface area contributed by atoms with Crippen LogP contribution >= 0.6 is 12.2 Å². The second kappa shape index (κ2) is 7.78. The van der Waals surface area contributed by atoms with Gasteiger partial charge in [-0.25, -0.2) is 26.7 Å². The second-order valence-electron chi connectivity index (χ2n) is 6.76. The van der Waals surface area contributed by atoms with Crippen molar-refractivity contribution in [3.63, 3.8) is 0 Å². The fourth-order valence-electron chi connectivity index (χ4n) is 3.50. The van der Waals surface area contributed by atoms with Gasteiger partial charge in [-0.15, -0.1) is 10.2 Å². The summed E-state index contributed by atoms with van der Waals surface area (Å²) in [7, 11) is -8.75. The van der Waals surface area contributed by atoms with E-state index in [0.29, 0.717) is 43.4 Å². The minimum atomic E-state index is -4.52. The molecule has 30 heavy (non-hydrogen) atoms. The topological polar surface area (TPSA) is 188 Å². The molecule has 0 aliphatic carbocycles. The number of hydrogen-bond acceptors (Lipinski definition) is 9. The number of thiocarbonyl (C=S) groups is 1. The van der Waals surface area contributed by atoms with Gasteiger partial charge in [0.15, 0.2) is 5.11 Å². The first-order valence-electron chi connectivity index (χ1n) is 8.90. The van der Waals surface area contributed by atoms with Gasteiger partial charge in [0.25, 0.3) is 0 Å². The Hall–Kier alpha value is -2.24. The molecule has 0 unspecified atom stereocenters. The van der Waals surface area contributed by atoms with Crippen LogP contribution in [0.15, 0.2) is 21.9 Å². The molecule has 0 saturated carbocycles. The third-order valence-corrected chi connectivity index (χ3v) is 7.82. The quantitative estimate of drug-likeness (QED) is 0.288. The first-order valence-corrected chi connectivity index (χ1v) is 12.3. The van der Waals surface area contributed by atoms with E-state index in [9.17, 15) is 16.8 Å². The number of anilines is 1. The number of tetrazole rings is 1. The maximum atomic E-state index is 13.1. The lowest BCUT2D eigenvalue weighted by Crippen LogP contribution is -2.37. The number of aromatic amines is 1. The van der Waals surface area contributed by atoms with Crippen LogP contribution in [0.2, 0.25) is 0 Å². The molecule has 6 N–H and O–H groups in total. The van der Waals surface area contributed by atoms with Crippen LogP contribution in [0.5, 0.6) is 0 Å². The molecule has 3 heterocycles. The van der Waals surface area contributed by atoms with E-state index >= 15 is 0 Å². The molecule has 1 aromatic heterocycles. The summed E-state index contributed by atoms with van der Waals surface area (Å²) in [6.07, 6.45) is 0.577. The molecule has 162 valence electrons. The number of primary sulfonamides is 1. The average molecular weight is 474 g/mol. The lowest BCUT2D eigenvalue weighted by Gasteiger charge is -2.23. The number of nitrogens with two attached hydrogens (primary N) is 1. The Morgan fingerprint density at radius 2 is 2.03 bits per heavy atom. The van der Waals surface area contributed by atoms with Crippen molar-refractivity contribution < 1.29 is 16.8 Å². The SMILES string of the molecule is NS(=O)(=O)c1c(S(=O)(=O)N[C@@H]2CCNC2)ccc(N2CCNC2=S)c1-c1nn[nH]n1. The highest BCUT2D eigenvalue weighted by atomic mass is 32.2. The number of nitrogens with zero attached hydrogens (tertiary/aromatic N) is 4. The highest BCUT2D eigenvalue weighted by Crippen LogP contribution is 2.38. The van der Waals surface area contributed by atoms with Crippen molar-refractivity contribution in [3.05, 3.63) is 12.1 Å². The molecule has 2 fully saturated rings. The van der Waals surface area contributed by atoms with Crippen molar-refractivity contribution in [1.82, 2.24) is 36.0 Å². The van der Waals surface area contributed by atoms with Gasteiger partial charge in [-0.2, -0.15) is 5.21 Å². The summed E-state index contributed by atoms with van der Waals surface area (Å²) in [4.78, 5) is 0.522. The van der Waals surface area contributed by atoms with E-state index in [1.165, 1.54) is 12.1 Å². The molecule has 4 rings (SSSR count). The number of rotatable bonds is 6. The van der Waals surface area contributed by atoms with Crippen molar-refractivity contribution >= 4 is 43.1 Å². The maximum absolute atomic E-state index is 13.1. The van der Waals surface area contributed by atoms with E-state index in [2.05, 4.69) is 36.0 Å². The van der Waals surface area contributed by atoms with Gasteiger partial charge in [0.1, 0.15) is 9.79 Å². The molecule has 0 spiro atoms. The van der Waals surface area contributed by atoms with Crippen LogP contribution in [-0.4, -0.2) is 74.8 Å². The van der Waals surface area contributed by atoms with Crippen LogP contribution in [0, 0.1) is 0 Å². The Kier molecular flexibility index (Phi) is 5.45. The Labute approximate surface area is 177 Å². The zero-order chi connectivity index (χ0) is 21.5. The molecule has 1 aromatic carbocycles. The third-order valence-electron chi connectivity index (χ3n) is 4.77. The van der Waals surface area contributed by atoms with Gasteiger partial charge in [0.05, 0.1) is 11.3 Å². The highest BCUT2D eigenvalue weighted by Gasteiger charge is 2.35. The lowest BCUT2D eigenvalue weighted by atomic mass is 10.1. The van der Waals surface area contributed by atoms with Gasteiger partial charge in [-0.1, -0.05) is 0 Å². The van der Waals surface area contributed by atoms with Crippen molar-refractivity contribution in [2.24, 2.45) is 5.14 Å². The minimum Gasteiger partial charge on any atom is -0.360 e. The number of H-pyrrole nitrogens is 1. The summed E-state index contributed by atoms with van der Waals surface area (Å²) < 4.78 is 54.0. The van der Waals surface area contributed by atoms with Crippen LogP contribution in [0.3, 0.4) is 0 Å². The zero-order valence-electron chi connectivity index (χ0n) is 15.5. The van der Waals surface area contributed by atoms with E-state index in [1.54, 1.807) is 4.90 Å². The second-order valence-corrected chi connectivity index (χ2v) is 10.3. The van der Waals surface area contributed by atoms with E-state index in [0.717, 1.165) is 0 Å². The van der Waals surface area contributed by atoms with Crippen molar-refractivity contribution in [2.75, 3.05) is 31.1 Å². The predicted molar refractivity (Wildman–Crippen MR) is 111 cm³/mol. The van der Waals surface area contributed by atoms with Crippen LogP contribution in [0.25, 0.3) is 11.4 Å². The van der Waals surface area contributed by atoms with Crippen LogP contribution in [0.1, 0.15) is 6.42 Å². The summed E-state index contributed by atoms with van der Waals surface area (Å²) >= 11 is 5.28. The summed E-state index contributed by atoms with van der Waals surface area (Å²) in [6.45, 7) is 2.06. The number of nitrogens with one attached hydrogen (secondary N) is 4. The normalized spacial score (nSPS) is 20.0. The summed E-state index contributed by atoms with van der Waals surface area (Å²) in [5.74, 6) is -0.122. The van der Waals surface area contributed by atoms with Crippen molar-refractivity contribution in [1.29, 1.82) is 0 Å². The molecule has 0 bridgehead atoms. The molecule has 2 aliphatic heterocycles.